The summed E-state index contributed by atoms with van der Waals surface area (Å²) in [5.41, 5.74) is 7.59. The molecule has 180 valence electrons. The quantitative estimate of drug-likeness (QED) is 0.653. The second kappa shape index (κ2) is 6.50. The first-order valence-electron chi connectivity index (χ1n) is 12.3. The Morgan fingerprint density at radius 2 is 1.91 bits per heavy atom. The number of nitrogens with two attached hydrogens (primary N) is 1. The van der Waals surface area contributed by atoms with Gasteiger partial charge in [-0.25, -0.2) is 13.1 Å². The number of rotatable bonds is 6. The Bertz CT molecular complexity index is 1340. The lowest BCUT2D eigenvalue weighted by Gasteiger charge is -2.48. The van der Waals surface area contributed by atoms with E-state index in [-0.39, 0.29) is 22.3 Å². The molecule has 1 aromatic heterocycles. The van der Waals surface area contributed by atoms with Crippen LogP contribution in [0.3, 0.4) is 0 Å². The third-order valence-electron chi connectivity index (χ3n) is 9.14. The van der Waals surface area contributed by atoms with Crippen LogP contribution in [0, 0.1) is 16.7 Å². The summed E-state index contributed by atoms with van der Waals surface area (Å²) in [6, 6.07) is 7.54. The minimum Gasteiger partial charge on any atom is -0.380 e. The number of hydrogen-bond acceptors (Lipinski definition) is 6. The van der Waals surface area contributed by atoms with Crippen molar-refractivity contribution in [2.45, 2.75) is 55.4 Å². The number of nitrogens with zero attached hydrogens (tertiary/aromatic N) is 2. The topological polar surface area (TPSA) is 115 Å². The number of primary amides is 1. The largest absolute Gasteiger partial charge is 0.380 e. The van der Waals surface area contributed by atoms with E-state index in [9.17, 15) is 13.2 Å². The summed E-state index contributed by atoms with van der Waals surface area (Å²) >= 11 is 0. The minimum atomic E-state index is -3.68. The Morgan fingerprint density at radius 3 is 2.47 bits per heavy atom. The van der Waals surface area contributed by atoms with Crippen molar-refractivity contribution in [3.05, 3.63) is 30.0 Å². The van der Waals surface area contributed by atoms with Crippen LogP contribution in [0.2, 0.25) is 0 Å². The lowest BCUT2D eigenvalue weighted by molar-refractivity contribution is -0.124. The van der Waals surface area contributed by atoms with E-state index in [1.54, 1.807) is 6.07 Å². The lowest BCUT2D eigenvalue weighted by atomic mass is 9.76. The number of ether oxygens (including phenoxy) is 1. The smallest absolute Gasteiger partial charge is 0.241 e. The first kappa shape index (κ1) is 21.1. The number of sulfonamides is 1. The van der Waals surface area contributed by atoms with Crippen molar-refractivity contribution >= 4 is 32.5 Å². The highest BCUT2D eigenvalue weighted by atomic mass is 32.2. The van der Waals surface area contributed by atoms with Crippen LogP contribution >= 0.6 is 0 Å². The van der Waals surface area contributed by atoms with E-state index in [0.29, 0.717) is 16.8 Å². The molecule has 0 radical (unpaired) electrons. The lowest BCUT2D eigenvalue weighted by Crippen LogP contribution is -2.51. The zero-order valence-corrected chi connectivity index (χ0v) is 20.2. The van der Waals surface area contributed by atoms with Gasteiger partial charge < -0.3 is 15.4 Å². The summed E-state index contributed by atoms with van der Waals surface area (Å²) in [6.07, 6.45) is 4.62. The van der Waals surface area contributed by atoms with Gasteiger partial charge in [-0.3, -0.25) is 9.78 Å². The SMILES string of the molecule is CC1(NS(=O)(=O)c2cc(N3CCC4(CC3)COC4)c3ccc(C4C5CC54C(N)=O)nc3c2)CC1. The maximum Gasteiger partial charge on any atom is 0.241 e. The van der Waals surface area contributed by atoms with Crippen molar-refractivity contribution in [2.75, 3.05) is 31.2 Å². The van der Waals surface area contributed by atoms with E-state index in [4.69, 9.17) is 15.5 Å². The van der Waals surface area contributed by atoms with Crippen molar-refractivity contribution in [1.82, 2.24) is 9.71 Å². The van der Waals surface area contributed by atoms with Crippen LogP contribution in [0.5, 0.6) is 0 Å². The first-order valence-corrected chi connectivity index (χ1v) is 13.7. The van der Waals surface area contributed by atoms with Gasteiger partial charge in [0.05, 0.1) is 29.0 Å². The molecule has 7 rings (SSSR count). The first-order chi connectivity index (χ1) is 16.1. The Hall–Kier alpha value is -2.23. The van der Waals surface area contributed by atoms with Crippen molar-refractivity contribution in [3.63, 3.8) is 0 Å². The van der Waals surface area contributed by atoms with E-state index in [1.807, 2.05) is 25.1 Å². The minimum absolute atomic E-state index is 0.0649. The average molecular weight is 483 g/mol. The molecule has 2 saturated heterocycles. The normalized spacial score (nSPS) is 32.2. The predicted molar refractivity (Wildman–Crippen MR) is 127 cm³/mol. The van der Waals surface area contributed by atoms with Crippen LogP contribution in [0.25, 0.3) is 10.9 Å². The van der Waals surface area contributed by atoms with Gasteiger partial charge in [0.15, 0.2) is 0 Å². The summed E-state index contributed by atoms with van der Waals surface area (Å²) in [6.45, 7) is 5.33. The van der Waals surface area contributed by atoms with Crippen molar-refractivity contribution in [3.8, 4) is 0 Å². The highest BCUT2D eigenvalue weighted by Gasteiger charge is 2.83. The Balaban J connectivity index is 1.29. The molecule has 3 saturated carbocycles. The maximum absolute atomic E-state index is 13.3. The number of piperidine rings is 1. The molecule has 1 amide bonds. The van der Waals surface area contributed by atoms with Gasteiger partial charge in [0.2, 0.25) is 15.9 Å². The van der Waals surface area contributed by atoms with Gasteiger partial charge in [-0.15, -0.1) is 0 Å². The number of carbonyl (C=O) groups is 1. The number of amides is 1. The van der Waals surface area contributed by atoms with E-state index in [0.717, 1.165) is 75.2 Å². The molecule has 3 heterocycles. The molecule has 2 aromatic rings. The molecule has 0 bridgehead atoms. The molecule has 1 aromatic carbocycles. The van der Waals surface area contributed by atoms with E-state index >= 15 is 0 Å². The zero-order chi connectivity index (χ0) is 23.5. The second-order valence-electron chi connectivity index (χ2n) is 11.6. The van der Waals surface area contributed by atoms with Crippen LogP contribution in [0.15, 0.2) is 29.2 Å². The molecule has 5 fully saturated rings. The summed E-state index contributed by atoms with van der Waals surface area (Å²) in [4.78, 5) is 19.4. The molecule has 3 aliphatic carbocycles. The standard InChI is InChI=1S/C25H30N4O4S/c1-23(4-5-23)28-34(31,32)15-10-19-16(2-3-18(27-19)21-17-12-25(17,21)22(26)30)20(11-15)29-8-6-24(7-9-29)13-33-14-24/h2-3,10-11,17,21,28H,4-9,12-14H2,1H3,(H2,26,30). The second-order valence-corrected chi connectivity index (χ2v) is 13.3. The maximum atomic E-state index is 13.3. The van der Waals surface area contributed by atoms with Crippen molar-refractivity contribution < 1.29 is 17.9 Å². The Kier molecular flexibility index (Phi) is 4.03. The molecule has 9 heteroatoms. The molecule has 3 unspecified atom stereocenters. The van der Waals surface area contributed by atoms with Crippen molar-refractivity contribution in [2.24, 2.45) is 22.5 Å². The molecular formula is C25H30N4O4S. The summed E-state index contributed by atoms with van der Waals surface area (Å²) in [5.74, 6) is 0.112. The summed E-state index contributed by atoms with van der Waals surface area (Å²) in [7, 11) is -3.68. The van der Waals surface area contributed by atoms with Gasteiger partial charge in [0.25, 0.3) is 0 Å². The van der Waals surface area contributed by atoms with Crippen LogP contribution in [0.4, 0.5) is 5.69 Å². The number of aromatic nitrogens is 1. The van der Waals surface area contributed by atoms with Gasteiger partial charge in [-0.2, -0.15) is 0 Å². The van der Waals surface area contributed by atoms with E-state index < -0.39 is 15.4 Å². The summed E-state index contributed by atoms with van der Waals surface area (Å²) < 4.78 is 35.0. The van der Waals surface area contributed by atoms with Crippen LogP contribution < -0.4 is 15.4 Å². The molecule has 34 heavy (non-hydrogen) atoms. The fourth-order valence-corrected chi connectivity index (χ4v) is 7.69. The third-order valence-corrected chi connectivity index (χ3v) is 10.8. The monoisotopic (exact) mass is 482 g/mol. The predicted octanol–water partition coefficient (Wildman–Crippen LogP) is 2.27. The molecule has 3 N–H and O–H groups in total. The Morgan fingerprint density at radius 1 is 1.18 bits per heavy atom. The number of fused-ring (bicyclic) bond motifs is 2. The number of benzene rings is 1. The van der Waals surface area contributed by atoms with Gasteiger partial charge in [-0.1, -0.05) is 0 Å². The van der Waals surface area contributed by atoms with Crippen LogP contribution in [-0.2, 0) is 19.6 Å². The number of pyridine rings is 1. The molecule has 8 nitrogen and oxygen atoms in total. The number of nitrogens with one attached hydrogen (secondary N) is 1. The highest BCUT2D eigenvalue weighted by Crippen LogP contribution is 2.83. The molecule has 2 aliphatic heterocycles. The van der Waals surface area contributed by atoms with Crippen LogP contribution in [0.1, 0.15) is 50.6 Å². The van der Waals surface area contributed by atoms with E-state index in [2.05, 4.69) is 9.62 Å². The van der Waals surface area contributed by atoms with Gasteiger partial charge >= 0.3 is 0 Å². The molecule has 5 aliphatic rings. The van der Waals surface area contributed by atoms with Gasteiger partial charge in [0, 0.05) is 46.7 Å². The van der Waals surface area contributed by atoms with Crippen molar-refractivity contribution in [1.29, 1.82) is 0 Å². The fourth-order valence-electron chi connectivity index (χ4n) is 6.18. The molecule has 3 atom stereocenters. The average Bonchev–Trinajstić information content (AvgIpc) is 3.69. The number of carbonyl (C=O) groups excluding carboxylic acids is 1. The fraction of sp³-hybridized carbons (Fsp3) is 0.600. The van der Waals surface area contributed by atoms with Gasteiger partial charge in [0.1, 0.15) is 0 Å². The zero-order valence-electron chi connectivity index (χ0n) is 19.3. The Labute approximate surface area is 199 Å². The van der Waals surface area contributed by atoms with Gasteiger partial charge in [-0.05, 0) is 69.2 Å². The third kappa shape index (κ3) is 2.99. The number of hydrogen-bond donors (Lipinski definition) is 2. The molecular weight excluding hydrogens is 452 g/mol. The van der Waals surface area contributed by atoms with E-state index in [1.165, 1.54) is 0 Å². The molecule has 1 spiro atoms. The van der Waals surface area contributed by atoms with Crippen LogP contribution in [-0.4, -0.2) is 51.2 Å². The number of anilines is 1. The summed E-state index contributed by atoms with van der Waals surface area (Å²) in [5, 5.41) is 0.948. The highest BCUT2D eigenvalue weighted by molar-refractivity contribution is 7.89.